The van der Waals surface area contributed by atoms with Crippen LogP contribution < -0.4 is 28.4 Å². The van der Waals surface area contributed by atoms with Crippen molar-refractivity contribution in [2.75, 3.05) is 48.4 Å². The first-order chi connectivity index (χ1) is 17.8. The van der Waals surface area contributed by atoms with Gasteiger partial charge in [0.1, 0.15) is 0 Å². The van der Waals surface area contributed by atoms with Crippen LogP contribution in [0.2, 0.25) is 0 Å². The van der Waals surface area contributed by atoms with E-state index in [0.717, 1.165) is 11.1 Å². The highest BCUT2D eigenvalue weighted by Crippen LogP contribution is 2.43. The molecule has 10 nitrogen and oxygen atoms in total. The first-order valence-corrected chi connectivity index (χ1v) is 11.8. The lowest BCUT2D eigenvalue weighted by Crippen LogP contribution is -2.29. The molecule has 0 radical (unpaired) electrons. The lowest BCUT2D eigenvalue weighted by molar-refractivity contribution is -0.147. The number of hydrogen-bond acceptors (Lipinski definition) is 10. The van der Waals surface area contributed by atoms with Crippen LogP contribution >= 0.6 is 0 Å². The Balaban J connectivity index is 1.97. The molecule has 0 N–H and O–H groups in total. The molecule has 0 saturated heterocycles. The van der Waals surface area contributed by atoms with Gasteiger partial charge in [0.05, 0.1) is 41.7 Å². The molecule has 2 atom stereocenters. The van der Waals surface area contributed by atoms with Gasteiger partial charge >= 0.3 is 11.9 Å². The highest BCUT2D eigenvalue weighted by atomic mass is 16.7. The summed E-state index contributed by atoms with van der Waals surface area (Å²) in [7, 11) is 6.20. The van der Waals surface area contributed by atoms with Crippen LogP contribution in [-0.4, -0.2) is 60.4 Å². The third-order valence-corrected chi connectivity index (χ3v) is 6.11. The smallest absolute Gasteiger partial charge is 0.302 e. The van der Waals surface area contributed by atoms with Gasteiger partial charge in [0, 0.05) is 25.7 Å². The number of rotatable bonds is 13. The van der Waals surface area contributed by atoms with E-state index in [9.17, 15) is 9.59 Å². The molecule has 0 fully saturated rings. The van der Waals surface area contributed by atoms with E-state index in [4.69, 9.17) is 37.9 Å². The molecule has 0 saturated carbocycles. The molecule has 2 aromatic rings. The standard InChI is InChI=1S/C27H34O10/c1-16(28)34-13-20(7-18-9-22(30-3)26(33-6)23(10-18)31-4)21(14-35-17(2)29)8-19-11-24(32-5)27-25(12-19)36-15-37-27/h9-12,20-21H,7-8,13-15H2,1-6H3. The minimum Gasteiger partial charge on any atom is -0.493 e. The predicted molar refractivity (Wildman–Crippen MR) is 133 cm³/mol. The second kappa shape index (κ2) is 12.9. The zero-order chi connectivity index (χ0) is 26.9. The Morgan fingerprint density at radius 1 is 0.730 bits per heavy atom. The van der Waals surface area contributed by atoms with Crippen LogP contribution in [0.25, 0.3) is 0 Å². The first kappa shape index (κ1) is 27.8. The number of ether oxygens (including phenoxy) is 8. The molecule has 3 rings (SSSR count). The lowest BCUT2D eigenvalue weighted by atomic mass is 9.83. The molecular weight excluding hydrogens is 484 g/mol. The van der Waals surface area contributed by atoms with E-state index >= 15 is 0 Å². The molecule has 2 aromatic carbocycles. The van der Waals surface area contributed by atoms with Crippen LogP contribution in [0.5, 0.6) is 34.5 Å². The Kier molecular flexibility index (Phi) is 9.71. The topological polar surface area (TPSA) is 108 Å². The van der Waals surface area contributed by atoms with Gasteiger partial charge in [-0.1, -0.05) is 0 Å². The van der Waals surface area contributed by atoms with E-state index in [1.807, 2.05) is 24.3 Å². The number of fused-ring (bicyclic) bond motifs is 1. The Bertz CT molecular complexity index is 1070. The molecule has 1 aliphatic heterocycles. The average molecular weight is 519 g/mol. The average Bonchev–Trinajstić information content (AvgIpc) is 3.36. The fourth-order valence-corrected chi connectivity index (χ4v) is 4.33. The van der Waals surface area contributed by atoms with Gasteiger partial charge in [-0.3, -0.25) is 9.59 Å². The van der Waals surface area contributed by atoms with Gasteiger partial charge in [-0.05, 0) is 48.2 Å². The summed E-state index contributed by atoms with van der Waals surface area (Å²) in [5.41, 5.74) is 1.78. The van der Waals surface area contributed by atoms with Crippen molar-refractivity contribution in [1.29, 1.82) is 0 Å². The maximum absolute atomic E-state index is 11.7. The quantitative estimate of drug-likeness (QED) is 0.365. The van der Waals surface area contributed by atoms with Crippen LogP contribution in [-0.2, 0) is 31.9 Å². The lowest BCUT2D eigenvalue weighted by Gasteiger charge is -2.27. The van der Waals surface area contributed by atoms with E-state index in [-0.39, 0.29) is 31.8 Å². The number of carbonyl (C=O) groups excluding carboxylic acids is 2. The van der Waals surface area contributed by atoms with Crippen molar-refractivity contribution in [2.45, 2.75) is 26.7 Å². The van der Waals surface area contributed by atoms with Crippen LogP contribution in [0.4, 0.5) is 0 Å². The van der Waals surface area contributed by atoms with Gasteiger partial charge in [-0.15, -0.1) is 0 Å². The largest absolute Gasteiger partial charge is 0.493 e. The number of esters is 2. The molecule has 0 bridgehead atoms. The van der Waals surface area contributed by atoms with Crippen molar-refractivity contribution >= 4 is 11.9 Å². The minimum absolute atomic E-state index is 0.113. The number of carbonyl (C=O) groups is 2. The van der Waals surface area contributed by atoms with Crippen molar-refractivity contribution in [2.24, 2.45) is 11.8 Å². The second-order valence-electron chi connectivity index (χ2n) is 8.60. The monoisotopic (exact) mass is 518 g/mol. The fraction of sp³-hybridized carbons (Fsp3) is 0.481. The SMILES string of the molecule is COc1cc(CC(COC(C)=O)C(COC(C)=O)Cc2cc(OC)c3c(c2)OCO3)cc(OC)c1OC. The van der Waals surface area contributed by atoms with Crippen molar-refractivity contribution in [3.63, 3.8) is 0 Å². The zero-order valence-electron chi connectivity index (χ0n) is 22.1. The van der Waals surface area contributed by atoms with E-state index in [2.05, 4.69) is 0 Å². The zero-order valence-corrected chi connectivity index (χ0v) is 22.1. The van der Waals surface area contributed by atoms with Gasteiger partial charge in [0.2, 0.25) is 18.3 Å². The van der Waals surface area contributed by atoms with Crippen LogP contribution in [0.3, 0.4) is 0 Å². The van der Waals surface area contributed by atoms with Crippen molar-refractivity contribution in [3.8, 4) is 34.5 Å². The number of hydrogen-bond donors (Lipinski definition) is 0. The maximum Gasteiger partial charge on any atom is 0.302 e. The summed E-state index contributed by atoms with van der Waals surface area (Å²) in [6, 6.07) is 7.47. The maximum atomic E-state index is 11.7. The van der Waals surface area contributed by atoms with E-state index < -0.39 is 11.9 Å². The number of benzene rings is 2. The summed E-state index contributed by atoms with van der Waals surface area (Å²) in [5, 5.41) is 0. The van der Waals surface area contributed by atoms with Gasteiger partial charge in [0.15, 0.2) is 23.0 Å². The van der Waals surface area contributed by atoms with E-state index in [1.165, 1.54) is 13.8 Å². The molecular formula is C27H34O10. The summed E-state index contributed by atoms with van der Waals surface area (Å²) in [4.78, 5) is 23.5. The Morgan fingerprint density at radius 3 is 1.68 bits per heavy atom. The molecule has 0 aliphatic carbocycles. The van der Waals surface area contributed by atoms with Crippen LogP contribution in [0.15, 0.2) is 24.3 Å². The van der Waals surface area contributed by atoms with E-state index in [0.29, 0.717) is 47.3 Å². The third-order valence-electron chi connectivity index (χ3n) is 6.11. The molecule has 202 valence electrons. The summed E-state index contributed by atoms with van der Waals surface area (Å²) < 4.78 is 43.9. The molecule has 37 heavy (non-hydrogen) atoms. The number of methoxy groups -OCH3 is 4. The molecule has 0 amide bonds. The Labute approximate surface area is 216 Å². The second-order valence-corrected chi connectivity index (χ2v) is 8.60. The fourth-order valence-electron chi connectivity index (χ4n) is 4.33. The summed E-state index contributed by atoms with van der Waals surface area (Å²) >= 11 is 0. The van der Waals surface area contributed by atoms with Crippen molar-refractivity contribution in [3.05, 3.63) is 35.4 Å². The van der Waals surface area contributed by atoms with Crippen molar-refractivity contribution in [1.82, 2.24) is 0 Å². The highest BCUT2D eigenvalue weighted by Gasteiger charge is 2.28. The van der Waals surface area contributed by atoms with Crippen LogP contribution in [0.1, 0.15) is 25.0 Å². The first-order valence-electron chi connectivity index (χ1n) is 11.8. The minimum atomic E-state index is -0.397. The predicted octanol–water partition coefficient (Wildman–Crippen LogP) is 3.59. The Hall–Kier alpha value is -3.82. The van der Waals surface area contributed by atoms with Crippen LogP contribution in [0, 0.1) is 11.8 Å². The molecule has 10 heteroatoms. The molecule has 1 heterocycles. The normalized spacial score (nSPS) is 13.4. The molecule has 1 aliphatic rings. The van der Waals surface area contributed by atoms with Crippen molar-refractivity contribution < 1.29 is 47.5 Å². The molecule has 2 unspecified atom stereocenters. The molecule has 0 spiro atoms. The molecule has 0 aromatic heterocycles. The summed E-state index contributed by atoms with van der Waals surface area (Å²) in [5.74, 6) is 1.97. The van der Waals surface area contributed by atoms with Gasteiger partial charge in [-0.2, -0.15) is 0 Å². The third kappa shape index (κ3) is 7.12. The highest BCUT2D eigenvalue weighted by molar-refractivity contribution is 5.66. The van der Waals surface area contributed by atoms with E-state index in [1.54, 1.807) is 28.4 Å². The van der Waals surface area contributed by atoms with Gasteiger partial charge in [-0.25, -0.2) is 0 Å². The Morgan fingerprint density at radius 2 is 1.22 bits per heavy atom. The summed E-state index contributed by atoms with van der Waals surface area (Å²) in [6.07, 6.45) is 0.980. The van der Waals surface area contributed by atoms with Gasteiger partial charge < -0.3 is 37.9 Å². The summed E-state index contributed by atoms with van der Waals surface area (Å²) in [6.45, 7) is 3.09. The van der Waals surface area contributed by atoms with Gasteiger partial charge in [0.25, 0.3) is 0 Å².